The van der Waals surface area contributed by atoms with Crippen LogP contribution in [0.2, 0.25) is 0 Å². The summed E-state index contributed by atoms with van der Waals surface area (Å²) in [4.78, 5) is 0. The molecule has 0 aromatic carbocycles. The lowest BCUT2D eigenvalue weighted by atomic mass is 10.0. The van der Waals surface area contributed by atoms with E-state index in [1.165, 1.54) is 109 Å². The van der Waals surface area contributed by atoms with Gasteiger partial charge >= 0.3 is 0 Å². The Morgan fingerprint density at radius 2 is 1.04 bits per heavy atom. The Morgan fingerprint density at radius 3 is 1.42 bits per heavy atom. The maximum Gasteiger partial charge on any atom is 0.00421 e. The molecule has 1 nitrogen and oxygen atoms in total. The minimum Gasteiger partial charge on any atom is -0.328 e. The molecule has 2 N–H and O–H groups in total. The van der Waals surface area contributed by atoms with Crippen molar-refractivity contribution in [1.82, 2.24) is 0 Å². The standard InChI is InChI=1S/C22H48NP/c1-5-6-7-8-9-10-11-12-13-14-15-16-17-18-19-22(23)20-21-24(2,3)4/h22H,2,5-21,23H2,1,3-4H3/t22-/m1/s1. The van der Waals surface area contributed by atoms with Crippen LogP contribution in [0.3, 0.4) is 0 Å². The van der Waals surface area contributed by atoms with Gasteiger partial charge in [-0.15, -0.1) is 13.2 Å². The minimum atomic E-state index is -0.873. The van der Waals surface area contributed by atoms with Crippen molar-refractivity contribution >= 4 is 13.2 Å². The summed E-state index contributed by atoms with van der Waals surface area (Å²) in [6.07, 6.45) is 28.0. The summed E-state index contributed by atoms with van der Waals surface area (Å²) in [7, 11) is 0. The first-order valence-electron chi connectivity index (χ1n) is 10.9. The minimum absolute atomic E-state index is 0.420. The number of hydrogen-bond acceptors (Lipinski definition) is 1. The molecule has 1 atom stereocenters. The Balaban J connectivity index is 3.16. The highest BCUT2D eigenvalue weighted by atomic mass is 31.2. The molecule has 0 bridgehead atoms. The van der Waals surface area contributed by atoms with Crippen LogP contribution in [0.4, 0.5) is 0 Å². The van der Waals surface area contributed by atoms with Crippen LogP contribution < -0.4 is 5.73 Å². The Kier molecular flexibility index (Phi) is 16.9. The van der Waals surface area contributed by atoms with Gasteiger partial charge in [-0.2, -0.15) is 0 Å². The van der Waals surface area contributed by atoms with E-state index in [0.717, 1.165) is 0 Å². The summed E-state index contributed by atoms with van der Waals surface area (Å²) in [5.74, 6) is 0. The predicted molar refractivity (Wildman–Crippen MR) is 118 cm³/mol. The summed E-state index contributed by atoms with van der Waals surface area (Å²) in [5, 5.41) is 0. The van der Waals surface area contributed by atoms with Gasteiger partial charge in [0.15, 0.2) is 0 Å². The predicted octanol–water partition coefficient (Wildman–Crippen LogP) is 7.28. The average Bonchev–Trinajstić information content (AvgIpc) is 2.52. The third-order valence-electron chi connectivity index (χ3n) is 5.03. The van der Waals surface area contributed by atoms with Gasteiger partial charge in [-0.3, -0.25) is 0 Å². The molecule has 0 rings (SSSR count). The fourth-order valence-electron chi connectivity index (χ4n) is 3.26. The van der Waals surface area contributed by atoms with Crippen molar-refractivity contribution in [3.05, 3.63) is 0 Å². The fourth-order valence-corrected chi connectivity index (χ4v) is 4.29. The molecular formula is C22H48NP. The van der Waals surface area contributed by atoms with Crippen molar-refractivity contribution in [3.63, 3.8) is 0 Å². The number of rotatable bonds is 18. The van der Waals surface area contributed by atoms with Crippen LogP contribution in [0.15, 0.2) is 0 Å². The van der Waals surface area contributed by atoms with Gasteiger partial charge in [0.1, 0.15) is 0 Å². The molecule has 0 spiro atoms. The molecule has 0 fully saturated rings. The molecule has 24 heavy (non-hydrogen) atoms. The normalized spacial score (nSPS) is 13.3. The molecule has 0 amide bonds. The highest BCUT2D eigenvalue weighted by molar-refractivity contribution is 7.72. The van der Waals surface area contributed by atoms with Crippen molar-refractivity contribution in [2.75, 3.05) is 19.5 Å². The summed E-state index contributed by atoms with van der Waals surface area (Å²) < 4.78 is 0. The van der Waals surface area contributed by atoms with Crippen LogP contribution in [0.1, 0.15) is 110 Å². The topological polar surface area (TPSA) is 26.0 Å². The van der Waals surface area contributed by atoms with Crippen LogP contribution in [-0.2, 0) is 0 Å². The Labute approximate surface area is 154 Å². The second-order valence-corrected chi connectivity index (χ2v) is 12.9. The Hall–Kier alpha value is 0.260. The fraction of sp³-hybridized carbons (Fsp3) is 0.955. The van der Waals surface area contributed by atoms with Gasteiger partial charge in [0.05, 0.1) is 0 Å². The molecule has 0 saturated carbocycles. The molecule has 0 aliphatic heterocycles. The van der Waals surface area contributed by atoms with Gasteiger partial charge in [0.25, 0.3) is 0 Å². The van der Waals surface area contributed by atoms with Crippen LogP contribution in [0.5, 0.6) is 0 Å². The smallest absolute Gasteiger partial charge is 0.00421 e. The highest BCUT2D eigenvalue weighted by Crippen LogP contribution is 2.36. The van der Waals surface area contributed by atoms with E-state index in [4.69, 9.17) is 5.73 Å². The zero-order valence-electron chi connectivity index (χ0n) is 17.3. The summed E-state index contributed by atoms with van der Waals surface area (Å²) in [6.45, 7) is 6.04. The van der Waals surface area contributed by atoms with Crippen LogP contribution in [-0.4, -0.2) is 31.8 Å². The van der Waals surface area contributed by atoms with E-state index >= 15 is 0 Å². The highest BCUT2D eigenvalue weighted by Gasteiger charge is 2.06. The van der Waals surface area contributed by atoms with Gasteiger partial charge in [0.2, 0.25) is 0 Å². The van der Waals surface area contributed by atoms with Gasteiger partial charge in [-0.05, 0) is 32.3 Å². The van der Waals surface area contributed by atoms with Crippen molar-refractivity contribution < 1.29 is 0 Å². The molecule has 0 saturated heterocycles. The molecule has 0 aromatic heterocycles. The molecule has 146 valence electrons. The molecule has 0 aliphatic carbocycles. The Bertz CT molecular complexity index is 294. The van der Waals surface area contributed by atoms with Crippen molar-refractivity contribution in [2.24, 2.45) is 5.73 Å². The summed E-state index contributed by atoms with van der Waals surface area (Å²) >= 11 is 0. The second-order valence-electron chi connectivity index (χ2n) is 8.59. The van der Waals surface area contributed by atoms with Gasteiger partial charge < -0.3 is 5.73 Å². The molecule has 0 unspecified atom stereocenters. The molecule has 2 heteroatoms. The number of hydrogen-bond donors (Lipinski definition) is 1. The van der Waals surface area contributed by atoms with Gasteiger partial charge in [0, 0.05) is 6.04 Å². The van der Waals surface area contributed by atoms with Crippen molar-refractivity contribution in [2.45, 2.75) is 116 Å². The van der Waals surface area contributed by atoms with E-state index in [2.05, 4.69) is 26.6 Å². The number of nitrogens with two attached hydrogens (primary N) is 1. The van der Waals surface area contributed by atoms with Crippen LogP contribution >= 0.6 is 6.89 Å². The monoisotopic (exact) mass is 357 g/mol. The van der Waals surface area contributed by atoms with E-state index < -0.39 is 6.89 Å². The van der Waals surface area contributed by atoms with E-state index in [-0.39, 0.29) is 0 Å². The lowest BCUT2D eigenvalue weighted by Crippen LogP contribution is -2.21. The maximum absolute atomic E-state index is 6.22. The van der Waals surface area contributed by atoms with Gasteiger partial charge in [-0.25, -0.2) is 0 Å². The van der Waals surface area contributed by atoms with Gasteiger partial charge in [-0.1, -0.05) is 96.8 Å². The molecule has 0 radical (unpaired) electrons. The maximum atomic E-state index is 6.22. The van der Waals surface area contributed by atoms with E-state index in [0.29, 0.717) is 6.04 Å². The molecule has 0 aliphatic rings. The zero-order valence-corrected chi connectivity index (χ0v) is 18.2. The van der Waals surface area contributed by atoms with Crippen LogP contribution in [0, 0.1) is 0 Å². The van der Waals surface area contributed by atoms with E-state index in [9.17, 15) is 0 Å². The third kappa shape index (κ3) is 20.3. The van der Waals surface area contributed by atoms with Crippen molar-refractivity contribution in [3.8, 4) is 0 Å². The molecule has 0 heterocycles. The first-order valence-corrected chi connectivity index (χ1v) is 13.9. The average molecular weight is 358 g/mol. The number of unbranched alkanes of at least 4 members (excludes halogenated alkanes) is 13. The lowest BCUT2D eigenvalue weighted by molar-refractivity contribution is 0.511. The quantitative estimate of drug-likeness (QED) is 0.202. The van der Waals surface area contributed by atoms with Crippen LogP contribution in [0.25, 0.3) is 0 Å². The summed E-state index contributed by atoms with van der Waals surface area (Å²) in [6, 6.07) is 0.420. The summed E-state index contributed by atoms with van der Waals surface area (Å²) in [5.41, 5.74) is 6.22. The Morgan fingerprint density at radius 1 is 0.667 bits per heavy atom. The van der Waals surface area contributed by atoms with E-state index in [1.807, 2.05) is 0 Å². The largest absolute Gasteiger partial charge is 0.328 e. The molecular weight excluding hydrogens is 309 g/mol. The lowest BCUT2D eigenvalue weighted by Gasteiger charge is -2.16. The first kappa shape index (κ1) is 24.3. The zero-order chi connectivity index (χ0) is 18.1. The molecule has 0 aromatic rings. The van der Waals surface area contributed by atoms with Crippen molar-refractivity contribution in [1.29, 1.82) is 0 Å². The first-order chi connectivity index (χ1) is 11.5. The SMILES string of the molecule is C=P(C)(C)CC[C@H](N)CCCCCCCCCCCCCCCC. The third-order valence-corrected chi connectivity index (χ3v) is 6.50. The van der Waals surface area contributed by atoms with E-state index in [1.54, 1.807) is 0 Å². The second kappa shape index (κ2) is 16.7.